The Balaban J connectivity index is 2.63. The van der Waals surface area contributed by atoms with Crippen LogP contribution < -0.4 is 11.1 Å². The maximum atomic E-state index is 12.8. The Labute approximate surface area is 220 Å². The van der Waals surface area contributed by atoms with Gasteiger partial charge in [0.2, 0.25) is 11.8 Å². The number of unbranched alkanes of at least 4 members (excludes halogenated alkanes) is 5. The number of carboxylic acid groups (broad SMARTS) is 1. The van der Waals surface area contributed by atoms with E-state index in [4.69, 9.17) is 10.8 Å². The van der Waals surface area contributed by atoms with Crippen LogP contribution in [0.4, 0.5) is 0 Å². The van der Waals surface area contributed by atoms with Crippen molar-refractivity contribution in [1.82, 2.24) is 5.32 Å². The number of aliphatic hydroxyl groups excluding tert-OH is 5. The molecule has 1 aliphatic carbocycles. The molecule has 11 nitrogen and oxygen atoms in total. The largest absolute Gasteiger partial charge is 0.481 e. The van der Waals surface area contributed by atoms with Gasteiger partial charge >= 0.3 is 5.97 Å². The zero-order chi connectivity index (χ0) is 27.3. The minimum Gasteiger partial charge on any atom is -0.481 e. The van der Waals surface area contributed by atoms with Gasteiger partial charge in [0.25, 0.3) is 0 Å². The number of aliphatic hydroxyl groups is 5. The van der Waals surface area contributed by atoms with Crippen LogP contribution in [0.1, 0.15) is 58.3 Å². The Morgan fingerprint density at radius 1 is 0.972 bits per heavy atom. The van der Waals surface area contributed by atoms with Crippen molar-refractivity contribution in [3.8, 4) is 0 Å². The van der Waals surface area contributed by atoms with Gasteiger partial charge in [0, 0.05) is 16.8 Å². The summed E-state index contributed by atoms with van der Waals surface area (Å²) in [5, 5.41) is 61.5. The van der Waals surface area contributed by atoms with Crippen LogP contribution in [-0.2, 0) is 14.4 Å². The molecule has 1 fully saturated rings. The Morgan fingerprint density at radius 2 is 1.58 bits per heavy atom. The molecule has 13 heteroatoms. The number of hydrogen-bond donors (Lipinski definition) is 8. The summed E-state index contributed by atoms with van der Waals surface area (Å²) in [6.45, 7) is 2.16. The fourth-order valence-corrected chi connectivity index (χ4v) is 6.47. The zero-order valence-electron chi connectivity index (χ0n) is 20.7. The summed E-state index contributed by atoms with van der Waals surface area (Å²) in [5.41, 5.74) is 5.17. The van der Waals surface area contributed by atoms with Gasteiger partial charge in [0.1, 0.15) is 12.1 Å². The quantitative estimate of drug-likeness (QED) is 0.101. The summed E-state index contributed by atoms with van der Waals surface area (Å²) in [4.78, 5) is 35.3. The van der Waals surface area contributed by atoms with E-state index in [2.05, 4.69) is 12.2 Å². The van der Waals surface area contributed by atoms with Crippen molar-refractivity contribution in [3.63, 3.8) is 0 Å². The number of aliphatic carboxylic acids is 1. The van der Waals surface area contributed by atoms with Crippen LogP contribution in [0, 0.1) is 5.92 Å². The molecule has 8 atom stereocenters. The molecule has 0 aromatic carbocycles. The minimum absolute atomic E-state index is 0.0541. The van der Waals surface area contributed by atoms with Gasteiger partial charge in [-0.05, 0) is 18.6 Å². The van der Waals surface area contributed by atoms with Crippen molar-refractivity contribution in [2.24, 2.45) is 11.7 Å². The molecule has 0 aromatic heterocycles. The molecule has 0 bridgehead atoms. The molecule has 0 radical (unpaired) electrons. The topological polar surface area (TPSA) is 211 Å². The number of rotatable bonds is 18. The summed E-state index contributed by atoms with van der Waals surface area (Å²) in [5.74, 6) is -3.18. The average Bonchev–Trinajstić information content (AvgIpc) is 2.82. The van der Waals surface area contributed by atoms with E-state index >= 15 is 0 Å². The summed E-state index contributed by atoms with van der Waals surface area (Å²) < 4.78 is 0. The molecule has 0 unspecified atom stereocenters. The van der Waals surface area contributed by atoms with Crippen molar-refractivity contribution in [3.05, 3.63) is 0 Å². The third kappa shape index (κ3) is 11.5. The first-order valence-corrected chi connectivity index (χ1v) is 14.6. The van der Waals surface area contributed by atoms with Crippen LogP contribution in [0.5, 0.6) is 0 Å². The Hall–Kier alpha value is -1.09. The first-order chi connectivity index (χ1) is 17.0. The number of amides is 2. The zero-order valence-corrected chi connectivity index (χ0v) is 22.3. The van der Waals surface area contributed by atoms with Gasteiger partial charge in [0.05, 0.1) is 36.8 Å². The van der Waals surface area contributed by atoms with Crippen molar-refractivity contribution in [2.45, 2.75) is 100 Å². The predicted molar refractivity (Wildman–Crippen MR) is 138 cm³/mol. The maximum absolute atomic E-state index is 12.8. The molecule has 36 heavy (non-hydrogen) atoms. The molecule has 9 N–H and O–H groups in total. The normalized spacial score (nSPS) is 26.7. The van der Waals surface area contributed by atoms with E-state index in [1.807, 2.05) is 0 Å². The second-order valence-corrected chi connectivity index (χ2v) is 11.6. The van der Waals surface area contributed by atoms with Crippen molar-refractivity contribution >= 4 is 41.3 Å². The SMILES string of the molecule is CCCCCCCCSC[C@@H](O)[C@@H](O)CS[C@@H]1[C@@H](O)[C@@H](O)[C@H](O)C[C@@H]1C(=O)N[C@@H](CC(=O)O)C(N)=O. The number of nitrogens with one attached hydrogen (secondary N) is 1. The van der Waals surface area contributed by atoms with Crippen molar-refractivity contribution in [2.75, 3.05) is 17.3 Å². The van der Waals surface area contributed by atoms with E-state index in [0.717, 1.165) is 30.4 Å². The van der Waals surface area contributed by atoms with Gasteiger partial charge in [0.15, 0.2) is 0 Å². The monoisotopic (exact) mass is 554 g/mol. The highest BCUT2D eigenvalue weighted by Gasteiger charge is 2.46. The lowest BCUT2D eigenvalue weighted by atomic mass is 9.82. The highest BCUT2D eigenvalue weighted by atomic mass is 32.2. The fraction of sp³-hybridized carbons (Fsp3) is 0.870. The number of nitrogens with two attached hydrogens (primary N) is 1. The highest BCUT2D eigenvalue weighted by molar-refractivity contribution is 8.00. The number of thioether (sulfide) groups is 2. The van der Waals surface area contributed by atoms with E-state index in [9.17, 15) is 39.9 Å². The van der Waals surface area contributed by atoms with Crippen LogP contribution in [0.3, 0.4) is 0 Å². The fourth-order valence-electron chi connectivity index (χ4n) is 3.96. The molecule has 1 saturated carbocycles. The lowest BCUT2D eigenvalue weighted by Crippen LogP contribution is -2.58. The standard InChI is InChI=1S/C23H42N2O9S2/c1-2-3-4-5-6-7-8-35-11-16(27)17(28)12-36-21-13(9-15(26)19(31)20(21)32)23(34)25-14(22(24)33)10-18(29)30/h13-17,19-21,26-28,31-32H,2-12H2,1H3,(H2,24,33)(H,25,34)(H,29,30)/t13-,14-,15+,16+,17-,19-,20-,21-/m0/s1. The van der Waals surface area contributed by atoms with E-state index in [-0.39, 0.29) is 12.2 Å². The molecule has 0 spiro atoms. The van der Waals surface area contributed by atoms with Gasteiger partial charge in [-0.1, -0.05) is 39.0 Å². The first-order valence-electron chi connectivity index (χ1n) is 12.4. The summed E-state index contributed by atoms with van der Waals surface area (Å²) in [7, 11) is 0. The van der Waals surface area contributed by atoms with E-state index < -0.39 is 71.9 Å². The average molecular weight is 555 g/mol. The van der Waals surface area contributed by atoms with Crippen LogP contribution in [-0.4, -0.2) is 107 Å². The molecular weight excluding hydrogens is 512 g/mol. The third-order valence-electron chi connectivity index (χ3n) is 6.18. The number of primary amides is 1. The smallest absolute Gasteiger partial charge is 0.305 e. The molecule has 0 saturated heterocycles. The van der Waals surface area contributed by atoms with Gasteiger partial charge in [-0.3, -0.25) is 14.4 Å². The summed E-state index contributed by atoms with van der Waals surface area (Å²) in [6, 6.07) is -1.49. The molecular formula is C23H42N2O9S2. The van der Waals surface area contributed by atoms with Crippen LogP contribution >= 0.6 is 23.5 Å². The molecule has 0 heterocycles. The second kappa shape index (κ2) is 17.4. The third-order valence-corrected chi connectivity index (χ3v) is 8.86. The summed E-state index contributed by atoms with van der Waals surface area (Å²) in [6.07, 6.45) is -0.672. The Morgan fingerprint density at radius 3 is 2.19 bits per heavy atom. The minimum atomic E-state index is -1.53. The van der Waals surface area contributed by atoms with Gasteiger partial charge in [-0.25, -0.2) is 0 Å². The van der Waals surface area contributed by atoms with E-state index in [1.54, 1.807) is 0 Å². The van der Waals surface area contributed by atoms with Gasteiger partial charge < -0.3 is 41.7 Å². The molecule has 0 aliphatic heterocycles. The van der Waals surface area contributed by atoms with E-state index in [1.165, 1.54) is 37.4 Å². The van der Waals surface area contributed by atoms with Gasteiger partial charge in [-0.2, -0.15) is 23.5 Å². The summed E-state index contributed by atoms with van der Waals surface area (Å²) >= 11 is 2.49. The lowest BCUT2D eigenvalue weighted by Gasteiger charge is -2.40. The van der Waals surface area contributed by atoms with Crippen LogP contribution in [0.15, 0.2) is 0 Å². The molecule has 1 aliphatic rings. The van der Waals surface area contributed by atoms with Crippen LogP contribution in [0.25, 0.3) is 0 Å². The first kappa shape index (κ1) is 32.9. The Kier molecular flexibility index (Phi) is 15.9. The van der Waals surface area contributed by atoms with Gasteiger partial charge in [-0.15, -0.1) is 0 Å². The number of carbonyl (C=O) groups is 3. The van der Waals surface area contributed by atoms with E-state index in [0.29, 0.717) is 5.75 Å². The van der Waals surface area contributed by atoms with Crippen LogP contribution in [0.2, 0.25) is 0 Å². The molecule has 2 amide bonds. The van der Waals surface area contributed by atoms with Crippen molar-refractivity contribution in [1.29, 1.82) is 0 Å². The lowest BCUT2D eigenvalue weighted by molar-refractivity contribution is -0.142. The Bertz CT molecular complexity index is 688. The van der Waals surface area contributed by atoms with Crippen molar-refractivity contribution < 1.29 is 45.0 Å². The number of carboxylic acids is 1. The maximum Gasteiger partial charge on any atom is 0.305 e. The molecule has 210 valence electrons. The second-order valence-electron chi connectivity index (χ2n) is 9.23. The number of carbonyl (C=O) groups excluding carboxylic acids is 2. The number of hydrogen-bond acceptors (Lipinski definition) is 10. The highest BCUT2D eigenvalue weighted by Crippen LogP contribution is 2.35. The predicted octanol–water partition coefficient (Wildman–Crippen LogP) is -0.549. The molecule has 0 aromatic rings. The molecule has 1 rings (SSSR count).